The van der Waals surface area contributed by atoms with Crippen molar-refractivity contribution < 1.29 is 14.0 Å². The monoisotopic (exact) mass is 466 g/mol. The summed E-state index contributed by atoms with van der Waals surface area (Å²) in [6.45, 7) is 0. The molecule has 0 aliphatic carbocycles. The lowest BCUT2D eigenvalue weighted by molar-refractivity contribution is 0.0880. The molecule has 170 valence electrons. The maximum absolute atomic E-state index is 12.8. The molecule has 1 aliphatic heterocycles. The number of hydrogen-bond acceptors (Lipinski definition) is 8. The largest absolute Gasteiger partial charge is 0.421 e. The number of nitrogens with two attached hydrogens (primary N) is 1. The Morgan fingerprint density at radius 3 is 2.51 bits per heavy atom. The quantitative estimate of drug-likeness (QED) is 0.300. The van der Waals surface area contributed by atoms with Crippen LogP contribution in [0.3, 0.4) is 0 Å². The molecule has 0 atom stereocenters. The van der Waals surface area contributed by atoms with Crippen LogP contribution < -0.4 is 22.2 Å². The van der Waals surface area contributed by atoms with Gasteiger partial charge in [0.05, 0.1) is 23.0 Å². The minimum Gasteiger partial charge on any atom is -0.421 e. The molecule has 0 saturated heterocycles. The predicted molar refractivity (Wildman–Crippen MR) is 125 cm³/mol. The zero-order chi connectivity index (χ0) is 24.3. The highest BCUT2D eigenvalue weighted by Crippen LogP contribution is 2.25. The summed E-state index contributed by atoms with van der Waals surface area (Å²) < 4.78 is 7.91. The fraction of sp³-hybridized carbons (Fsp3) is 0. The standard InChI is InChI=1S/C24H14N6O5/c25-21-20-15(22(32)26-23(20)33)10-19(31)30(21)14-7-6-13-8-17(24(34)35-18(13)9-14)29-11-16(27-28-29)12-4-2-1-3-5-12/h1-11H,25H2,(H,26,32,33). The van der Waals surface area contributed by atoms with Gasteiger partial charge < -0.3 is 10.2 Å². The normalized spacial score (nSPS) is 12.7. The van der Waals surface area contributed by atoms with E-state index in [1.54, 1.807) is 24.4 Å². The van der Waals surface area contributed by atoms with Crippen molar-refractivity contribution in [3.8, 4) is 22.6 Å². The van der Waals surface area contributed by atoms with E-state index in [0.717, 1.165) is 16.2 Å². The number of aromatic nitrogens is 4. The number of carbonyl (C=O) groups is 2. The fourth-order valence-electron chi connectivity index (χ4n) is 4.06. The molecular formula is C24H14N6O5. The molecule has 0 bridgehead atoms. The van der Waals surface area contributed by atoms with Crippen LogP contribution in [0, 0.1) is 0 Å². The summed E-state index contributed by atoms with van der Waals surface area (Å²) in [5, 5.41) is 10.8. The van der Waals surface area contributed by atoms with Gasteiger partial charge in [0.1, 0.15) is 17.1 Å². The number of nitrogens with zero attached hydrogens (tertiary/aromatic N) is 4. The van der Waals surface area contributed by atoms with Crippen LogP contribution in [0.1, 0.15) is 20.7 Å². The lowest BCUT2D eigenvalue weighted by atomic mass is 10.1. The Labute approximate surface area is 195 Å². The molecule has 3 aromatic heterocycles. The van der Waals surface area contributed by atoms with Crippen molar-refractivity contribution in [3.63, 3.8) is 0 Å². The third-order valence-electron chi connectivity index (χ3n) is 5.72. The van der Waals surface area contributed by atoms with Crippen molar-refractivity contribution in [2.24, 2.45) is 0 Å². The van der Waals surface area contributed by atoms with Gasteiger partial charge in [0.25, 0.3) is 17.4 Å². The van der Waals surface area contributed by atoms with Gasteiger partial charge in [0.2, 0.25) is 0 Å². The zero-order valence-corrected chi connectivity index (χ0v) is 17.8. The molecule has 0 unspecified atom stereocenters. The van der Waals surface area contributed by atoms with Gasteiger partial charge in [-0.2, -0.15) is 0 Å². The van der Waals surface area contributed by atoms with Crippen molar-refractivity contribution in [2.45, 2.75) is 0 Å². The molecule has 0 fully saturated rings. The average Bonchev–Trinajstić information content (AvgIpc) is 3.44. The number of nitrogens with one attached hydrogen (secondary N) is 1. The van der Waals surface area contributed by atoms with Crippen LogP contribution in [-0.2, 0) is 0 Å². The van der Waals surface area contributed by atoms with E-state index in [0.29, 0.717) is 11.1 Å². The molecular weight excluding hydrogens is 452 g/mol. The first kappa shape index (κ1) is 20.3. The number of nitrogen functional groups attached to an aromatic ring is 1. The SMILES string of the molecule is Nc1c2c(cc(=O)n1-c1ccc3cc(-n4cc(-c5ccccc5)nn4)c(=O)oc3c1)C(=O)NC2=O. The molecule has 2 amide bonds. The van der Waals surface area contributed by atoms with Crippen molar-refractivity contribution >= 4 is 28.6 Å². The molecule has 3 N–H and O–H groups in total. The Balaban J connectivity index is 1.44. The van der Waals surface area contributed by atoms with E-state index in [1.807, 2.05) is 30.3 Å². The van der Waals surface area contributed by atoms with Gasteiger partial charge in [0, 0.05) is 23.1 Å². The highest BCUT2D eigenvalue weighted by Gasteiger charge is 2.31. The molecule has 1 aliphatic rings. The Morgan fingerprint density at radius 1 is 0.914 bits per heavy atom. The average molecular weight is 466 g/mol. The highest BCUT2D eigenvalue weighted by molar-refractivity contribution is 6.23. The van der Waals surface area contributed by atoms with Crippen LogP contribution in [0.15, 0.2) is 80.9 Å². The van der Waals surface area contributed by atoms with Gasteiger partial charge in [-0.05, 0) is 18.2 Å². The second-order valence-corrected chi connectivity index (χ2v) is 7.83. The topological polar surface area (TPSA) is 155 Å². The lowest BCUT2D eigenvalue weighted by Gasteiger charge is -2.12. The van der Waals surface area contributed by atoms with Crippen LogP contribution in [0.4, 0.5) is 5.82 Å². The molecule has 2 aromatic carbocycles. The van der Waals surface area contributed by atoms with Gasteiger partial charge in [-0.15, -0.1) is 5.10 Å². The summed E-state index contributed by atoms with van der Waals surface area (Å²) in [6, 6.07) is 16.7. The second-order valence-electron chi connectivity index (χ2n) is 7.83. The van der Waals surface area contributed by atoms with Crippen molar-refractivity contribution in [1.29, 1.82) is 0 Å². The molecule has 35 heavy (non-hydrogen) atoms. The molecule has 6 rings (SSSR count). The summed E-state index contributed by atoms with van der Waals surface area (Å²) in [7, 11) is 0. The third-order valence-corrected chi connectivity index (χ3v) is 5.72. The summed E-state index contributed by atoms with van der Waals surface area (Å²) in [5.74, 6) is -1.55. The third kappa shape index (κ3) is 3.14. The van der Waals surface area contributed by atoms with E-state index in [-0.39, 0.29) is 33.9 Å². The molecule has 0 spiro atoms. The molecule has 0 radical (unpaired) electrons. The summed E-state index contributed by atoms with van der Waals surface area (Å²) in [4.78, 5) is 49.4. The Hall–Kier alpha value is -5.32. The maximum Gasteiger partial charge on any atom is 0.362 e. The second kappa shape index (κ2) is 7.35. The van der Waals surface area contributed by atoms with E-state index in [9.17, 15) is 19.2 Å². The van der Waals surface area contributed by atoms with Gasteiger partial charge in [-0.3, -0.25) is 24.3 Å². The smallest absolute Gasteiger partial charge is 0.362 e. The Kier molecular flexibility index (Phi) is 4.26. The first-order valence-corrected chi connectivity index (χ1v) is 10.4. The summed E-state index contributed by atoms with van der Waals surface area (Å²) >= 11 is 0. The Morgan fingerprint density at radius 2 is 1.71 bits per heavy atom. The number of hydrogen-bond donors (Lipinski definition) is 2. The molecule has 0 saturated carbocycles. The number of carbonyl (C=O) groups excluding carboxylic acids is 2. The van der Waals surface area contributed by atoms with Crippen LogP contribution in [0.25, 0.3) is 33.6 Å². The zero-order valence-electron chi connectivity index (χ0n) is 17.8. The van der Waals surface area contributed by atoms with E-state index in [4.69, 9.17) is 10.2 Å². The van der Waals surface area contributed by atoms with Crippen molar-refractivity contribution in [2.75, 3.05) is 5.73 Å². The van der Waals surface area contributed by atoms with Crippen LogP contribution in [0.2, 0.25) is 0 Å². The predicted octanol–water partition coefficient (Wildman–Crippen LogP) is 1.66. The highest BCUT2D eigenvalue weighted by atomic mass is 16.4. The van der Waals surface area contributed by atoms with Crippen LogP contribution in [0.5, 0.6) is 0 Å². The number of amides is 2. The van der Waals surface area contributed by atoms with E-state index in [2.05, 4.69) is 15.6 Å². The number of rotatable bonds is 3. The van der Waals surface area contributed by atoms with Gasteiger partial charge in [0.15, 0.2) is 5.69 Å². The first-order valence-electron chi connectivity index (χ1n) is 10.4. The summed E-state index contributed by atoms with van der Waals surface area (Å²) in [6.07, 6.45) is 1.62. The maximum atomic E-state index is 12.8. The number of pyridine rings is 1. The van der Waals surface area contributed by atoms with E-state index < -0.39 is 23.0 Å². The lowest BCUT2D eigenvalue weighted by Crippen LogP contribution is -2.24. The fourth-order valence-corrected chi connectivity index (χ4v) is 4.06. The Bertz CT molecular complexity index is 1820. The van der Waals surface area contributed by atoms with E-state index in [1.165, 1.54) is 10.7 Å². The number of fused-ring (bicyclic) bond motifs is 2. The van der Waals surface area contributed by atoms with Crippen LogP contribution in [-0.4, -0.2) is 31.4 Å². The first-order chi connectivity index (χ1) is 16.9. The van der Waals surface area contributed by atoms with Gasteiger partial charge in [-0.25, -0.2) is 9.48 Å². The molecule has 11 nitrogen and oxygen atoms in total. The number of benzene rings is 2. The minimum atomic E-state index is -0.684. The molecule has 5 aromatic rings. The summed E-state index contributed by atoms with van der Waals surface area (Å²) in [5.41, 5.74) is 6.70. The van der Waals surface area contributed by atoms with E-state index >= 15 is 0 Å². The van der Waals surface area contributed by atoms with Crippen molar-refractivity contribution in [1.82, 2.24) is 24.9 Å². The van der Waals surface area contributed by atoms with Gasteiger partial charge >= 0.3 is 5.63 Å². The molecule has 11 heteroatoms. The van der Waals surface area contributed by atoms with Crippen molar-refractivity contribution in [3.05, 3.63) is 98.8 Å². The van der Waals surface area contributed by atoms with Gasteiger partial charge in [-0.1, -0.05) is 35.5 Å². The number of imide groups is 1. The minimum absolute atomic E-state index is 0.0755. The van der Waals surface area contributed by atoms with Crippen LogP contribution >= 0.6 is 0 Å². The number of anilines is 1. The molecule has 4 heterocycles.